The molecule has 51 heavy (non-hydrogen) atoms. The fraction of sp³-hybridized carbons (Fsp3) is 0.152. The van der Waals surface area contributed by atoms with Gasteiger partial charge in [-0.25, -0.2) is 0 Å². The van der Waals surface area contributed by atoms with Crippen LogP contribution in [0, 0.1) is 17.2 Å². The number of hydrogen-bond donors (Lipinski definition) is 1. The van der Waals surface area contributed by atoms with Crippen LogP contribution in [0.4, 0.5) is 0 Å². The Labute approximate surface area is 300 Å². The second-order valence-electron chi connectivity index (χ2n) is 12.5. The minimum absolute atomic E-state index is 0.0950. The number of nitrogens with zero attached hydrogens (tertiary/aromatic N) is 2. The molecule has 4 aliphatic rings. The highest BCUT2D eigenvalue weighted by molar-refractivity contribution is 5.96. The molecule has 3 aromatic carbocycles. The fourth-order valence-electron chi connectivity index (χ4n) is 6.67. The molecule has 1 saturated carbocycles. The average molecular weight is 668 g/mol. The summed E-state index contributed by atoms with van der Waals surface area (Å²) in [5, 5.41) is 17.5. The van der Waals surface area contributed by atoms with Gasteiger partial charge in [0.05, 0.1) is 0 Å². The van der Waals surface area contributed by atoms with Gasteiger partial charge in [0, 0.05) is 22.3 Å². The molecule has 0 aliphatic heterocycles. The van der Waals surface area contributed by atoms with E-state index in [9.17, 15) is 0 Å². The predicted molar refractivity (Wildman–Crippen MR) is 208 cm³/mol. The van der Waals surface area contributed by atoms with Crippen LogP contribution >= 0.6 is 0 Å². The highest BCUT2D eigenvalue weighted by Gasteiger charge is 2.46. The SMILES string of the molecule is C=C(OC(=N)C1=CCC=C(c2ccccc2)C=C1)C1=CCC=C(C2=CC=C(c3nnc(-c4ccc(-c5ccccc5)cc4)o3)C3CC23)C=C1.CC. The molecule has 4 aliphatic carbocycles. The molecule has 0 saturated heterocycles. The van der Waals surface area contributed by atoms with Gasteiger partial charge in [-0.15, -0.1) is 10.2 Å². The molecule has 8 rings (SSSR count). The molecule has 0 radical (unpaired) electrons. The van der Waals surface area contributed by atoms with Gasteiger partial charge in [-0.3, -0.25) is 5.41 Å². The van der Waals surface area contributed by atoms with Gasteiger partial charge in [0.1, 0.15) is 5.76 Å². The summed E-state index contributed by atoms with van der Waals surface area (Å²) in [6.45, 7) is 8.17. The van der Waals surface area contributed by atoms with Crippen molar-refractivity contribution in [1.29, 1.82) is 5.41 Å². The molecular weight excluding hydrogens is 627 g/mol. The van der Waals surface area contributed by atoms with E-state index < -0.39 is 0 Å². The minimum Gasteiger partial charge on any atom is -0.439 e. The van der Waals surface area contributed by atoms with Crippen molar-refractivity contribution in [2.24, 2.45) is 11.8 Å². The first-order valence-electron chi connectivity index (χ1n) is 17.7. The molecule has 1 fully saturated rings. The molecule has 0 bridgehead atoms. The van der Waals surface area contributed by atoms with Crippen molar-refractivity contribution in [2.75, 3.05) is 0 Å². The Morgan fingerprint density at radius 2 is 1.18 bits per heavy atom. The van der Waals surface area contributed by atoms with Crippen molar-refractivity contribution < 1.29 is 9.15 Å². The third kappa shape index (κ3) is 7.43. The normalized spacial score (nSPS) is 18.9. The zero-order valence-electron chi connectivity index (χ0n) is 29.1. The number of fused-ring (bicyclic) bond motifs is 1. The molecule has 252 valence electrons. The zero-order chi connectivity index (χ0) is 35.2. The van der Waals surface area contributed by atoms with E-state index in [0.29, 0.717) is 29.4 Å². The summed E-state index contributed by atoms with van der Waals surface area (Å²) < 4.78 is 12.2. The smallest absolute Gasteiger partial charge is 0.248 e. The lowest BCUT2D eigenvalue weighted by Crippen LogP contribution is -2.06. The standard InChI is InChI=1S/C44H35N3O2.C2H6/c1-29(48-42(45)36-17-9-15-33(19-23-36)31-10-4-2-5-11-31)30-14-8-16-35(22-18-30)38-26-27-39(41-28-40(38)41)44-47-46-43(49-44)37-24-20-34(21-25-37)32-12-6-3-7-13-32;1-2/h2-7,10-27,40-41,45H,1,8-9,28H2;1-2H3. The Morgan fingerprint density at radius 1 is 0.627 bits per heavy atom. The molecule has 1 N–H and O–H groups in total. The highest BCUT2D eigenvalue weighted by Crippen LogP contribution is 2.56. The first-order chi connectivity index (χ1) is 25.1. The minimum atomic E-state index is 0.0950. The number of allylic oxidation sites excluding steroid dienone is 13. The monoisotopic (exact) mass is 667 g/mol. The zero-order valence-corrected chi connectivity index (χ0v) is 29.1. The molecule has 1 heterocycles. The molecule has 2 unspecified atom stereocenters. The maximum absolute atomic E-state index is 8.64. The summed E-state index contributed by atoms with van der Waals surface area (Å²) in [7, 11) is 0. The third-order valence-electron chi connectivity index (χ3n) is 9.43. The van der Waals surface area contributed by atoms with Crippen LogP contribution in [0.25, 0.3) is 33.7 Å². The van der Waals surface area contributed by atoms with Gasteiger partial charge >= 0.3 is 0 Å². The molecular formula is C46H41N3O2. The maximum Gasteiger partial charge on any atom is 0.248 e. The van der Waals surface area contributed by atoms with Gasteiger partial charge in [0.25, 0.3) is 0 Å². The Bertz CT molecular complexity index is 2190. The molecule has 5 nitrogen and oxygen atoms in total. The van der Waals surface area contributed by atoms with E-state index in [-0.39, 0.29) is 5.90 Å². The molecule has 5 heteroatoms. The van der Waals surface area contributed by atoms with E-state index in [2.05, 4.69) is 89.6 Å². The number of benzene rings is 3. The first-order valence-corrected chi connectivity index (χ1v) is 17.7. The topological polar surface area (TPSA) is 72.0 Å². The second-order valence-corrected chi connectivity index (χ2v) is 12.5. The van der Waals surface area contributed by atoms with Gasteiger partial charge in [0.2, 0.25) is 17.7 Å². The number of aromatic nitrogens is 2. The van der Waals surface area contributed by atoms with Gasteiger partial charge in [0.15, 0.2) is 0 Å². The van der Waals surface area contributed by atoms with Crippen LogP contribution in [-0.4, -0.2) is 16.1 Å². The van der Waals surface area contributed by atoms with Crippen molar-refractivity contribution >= 4 is 17.0 Å². The van der Waals surface area contributed by atoms with Crippen molar-refractivity contribution in [1.82, 2.24) is 10.2 Å². The van der Waals surface area contributed by atoms with Crippen LogP contribution in [0.2, 0.25) is 0 Å². The van der Waals surface area contributed by atoms with E-state index in [1.54, 1.807) is 0 Å². The van der Waals surface area contributed by atoms with Crippen LogP contribution in [0.3, 0.4) is 0 Å². The van der Waals surface area contributed by atoms with E-state index >= 15 is 0 Å². The van der Waals surface area contributed by atoms with Gasteiger partial charge < -0.3 is 9.15 Å². The maximum atomic E-state index is 8.64. The fourth-order valence-corrected chi connectivity index (χ4v) is 6.67. The largest absolute Gasteiger partial charge is 0.439 e. The van der Waals surface area contributed by atoms with E-state index in [0.717, 1.165) is 58.2 Å². The highest BCUT2D eigenvalue weighted by atomic mass is 16.5. The van der Waals surface area contributed by atoms with Gasteiger partial charge in [-0.2, -0.15) is 0 Å². The van der Waals surface area contributed by atoms with E-state index in [4.69, 9.17) is 14.6 Å². The van der Waals surface area contributed by atoms with Crippen LogP contribution < -0.4 is 0 Å². The Morgan fingerprint density at radius 3 is 1.92 bits per heavy atom. The average Bonchev–Trinajstić information content (AvgIpc) is 3.96. The van der Waals surface area contributed by atoms with Crippen LogP contribution in [0.5, 0.6) is 0 Å². The summed E-state index contributed by atoms with van der Waals surface area (Å²) in [6, 6.07) is 28.8. The number of ether oxygens (including phenoxy) is 1. The van der Waals surface area contributed by atoms with Crippen molar-refractivity contribution in [2.45, 2.75) is 33.1 Å². The Balaban J connectivity index is 0.00000200. The quantitative estimate of drug-likeness (QED) is 0.115. The Kier molecular flexibility index (Phi) is 9.98. The lowest BCUT2D eigenvalue weighted by molar-refractivity contribution is 0.428. The van der Waals surface area contributed by atoms with E-state index in [1.165, 1.54) is 16.7 Å². The first kappa shape index (κ1) is 33.4. The molecule has 4 aromatic rings. The molecule has 1 aromatic heterocycles. The van der Waals surface area contributed by atoms with Crippen molar-refractivity contribution in [3.05, 3.63) is 192 Å². The van der Waals surface area contributed by atoms with E-state index in [1.807, 2.05) is 86.7 Å². The van der Waals surface area contributed by atoms with Crippen LogP contribution in [0.15, 0.2) is 185 Å². The summed E-state index contributed by atoms with van der Waals surface area (Å²) in [5.41, 5.74) is 10.8. The molecule has 0 amide bonds. The van der Waals surface area contributed by atoms with Gasteiger partial charge in [-0.05, 0) is 82.7 Å². The van der Waals surface area contributed by atoms with Gasteiger partial charge in [-0.1, -0.05) is 148 Å². The summed E-state index contributed by atoms with van der Waals surface area (Å²) in [4.78, 5) is 0. The lowest BCUT2D eigenvalue weighted by atomic mass is 9.92. The second kappa shape index (κ2) is 15.2. The lowest BCUT2D eigenvalue weighted by Gasteiger charge is -2.13. The van der Waals surface area contributed by atoms with Crippen molar-refractivity contribution in [3.8, 4) is 22.6 Å². The third-order valence-corrected chi connectivity index (χ3v) is 9.43. The molecule has 0 spiro atoms. The Hall–Kier alpha value is -6.07. The number of nitrogens with one attached hydrogen (secondary N) is 1. The van der Waals surface area contributed by atoms with Crippen LogP contribution in [-0.2, 0) is 4.74 Å². The number of rotatable bonds is 8. The van der Waals surface area contributed by atoms with Crippen molar-refractivity contribution in [3.63, 3.8) is 0 Å². The summed E-state index contributed by atoms with van der Waals surface area (Å²) in [6.07, 6.45) is 23.6. The van der Waals surface area contributed by atoms with Crippen LogP contribution in [0.1, 0.15) is 44.6 Å². The summed E-state index contributed by atoms with van der Waals surface area (Å²) in [5.74, 6) is 2.49. The predicted octanol–water partition coefficient (Wildman–Crippen LogP) is 11.7. The molecule has 2 atom stereocenters. The number of hydrogen-bond acceptors (Lipinski definition) is 5. The summed E-state index contributed by atoms with van der Waals surface area (Å²) >= 11 is 0.